The standard InChI is InChI=1S/C23H31ClN6O3/c24-18-1-2-19-20(3-4-25-21(19)17-18)26-5-7-28-9-11-30(12-10-28)23(32)22(31)27-6-8-29-13-15-33-16-14-29/h1-4,17H,5-16H2,(H,25,26)(H,27,31). The minimum atomic E-state index is -0.511. The summed E-state index contributed by atoms with van der Waals surface area (Å²) in [5, 5.41) is 7.95. The van der Waals surface area contributed by atoms with E-state index in [1.54, 1.807) is 11.1 Å². The molecule has 0 atom stereocenters. The maximum atomic E-state index is 12.5. The van der Waals surface area contributed by atoms with Crippen LogP contribution >= 0.6 is 11.6 Å². The molecule has 2 fully saturated rings. The Balaban J connectivity index is 1.15. The molecule has 0 saturated carbocycles. The maximum absolute atomic E-state index is 12.5. The Hall–Kier alpha value is -2.46. The van der Waals surface area contributed by atoms with Crippen molar-refractivity contribution in [2.45, 2.75) is 0 Å². The molecule has 2 N–H and O–H groups in total. The lowest BCUT2D eigenvalue weighted by atomic mass is 10.2. The van der Waals surface area contributed by atoms with Crippen LogP contribution in [-0.2, 0) is 14.3 Å². The molecule has 10 heteroatoms. The highest BCUT2D eigenvalue weighted by Gasteiger charge is 2.25. The molecular formula is C23H31ClN6O3. The number of hydrogen-bond donors (Lipinski definition) is 2. The second kappa shape index (κ2) is 11.6. The third-order valence-corrected chi connectivity index (χ3v) is 6.35. The number of carbonyl (C=O) groups excluding carboxylic acids is 2. The summed E-state index contributed by atoms with van der Waals surface area (Å²) in [6.45, 7) is 8.65. The fourth-order valence-electron chi connectivity index (χ4n) is 4.17. The van der Waals surface area contributed by atoms with Gasteiger partial charge in [-0.2, -0.15) is 0 Å². The first-order valence-electron chi connectivity index (χ1n) is 11.5. The summed E-state index contributed by atoms with van der Waals surface area (Å²) in [6, 6.07) is 7.66. The van der Waals surface area contributed by atoms with Gasteiger partial charge in [-0.1, -0.05) is 11.6 Å². The van der Waals surface area contributed by atoms with Crippen molar-refractivity contribution < 1.29 is 14.3 Å². The van der Waals surface area contributed by atoms with Crippen molar-refractivity contribution in [2.24, 2.45) is 0 Å². The van der Waals surface area contributed by atoms with Gasteiger partial charge in [-0.25, -0.2) is 0 Å². The Morgan fingerprint density at radius 1 is 0.970 bits per heavy atom. The van der Waals surface area contributed by atoms with Crippen molar-refractivity contribution in [2.75, 3.05) is 84.0 Å². The molecule has 0 unspecified atom stereocenters. The smallest absolute Gasteiger partial charge is 0.311 e. The van der Waals surface area contributed by atoms with Crippen molar-refractivity contribution >= 4 is 40.0 Å². The van der Waals surface area contributed by atoms with Crippen molar-refractivity contribution in [3.05, 3.63) is 35.5 Å². The minimum absolute atomic E-state index is 0.434. The topological polar surface area (TPSA) is 90.0 Å². The summed E-state index contributed by atoms with van der Waals surface area (Å²) in [5.74, 6) is -0.945. The van der Waals surface area contributed by atoms with E-state index in [0.29, 0.717) is 24.7 Å². The summed E-state index contributed by atoms with van der Waals surface area (Å²) in [5.41, 5.74) is 1.89. The highest BCUT2D eigenvalue weighted by molar-refractivity contribution is 6.35. The Morgan fingerprint density at radius 2 is 1.70 bits per heavy atom. The molecule has 2 amide bonds. The first-order chi connectivity index (χ1) is 16.1. The number of anilines is 1. The number of rotatable bonds is 7. The van der Waals surface area contributed by atoms with Gasteiger partial charge in [0.15, 0.2) is 0 Å². The largest absolute Gasteiger partial charge is 0.383 e. The van der Waals surface area contributed by atoms with Gasteiger partial charge in [0.2, 0.25) is 0 Å². The van der Waals surface area contributed by atoms with Gasteiger partial charge in [0.1, 0.15) is 0 Å². The summed E-state index contributed by atoms with van der Waals surface area (Å²) in [4.78, 5) is 35.3. The van der Waals surface area contributed by atoms with Gasteiger partial charge in [-0.15, -0.1) is 0 Å². The van der Waals surface area contributed by atoms with Gasteiger partial charge in [0, 0.05) is 87.7 Å². The minimum Gasteiger partial charge on any atom is -0.383 e. The predicted molar refractivity (Wildman–Crippen MR) is 129 cm³/mol. The second-order valence-corrected chi connectivity index (χ2v) is 8.73. The molecule has 0 spiro atoms. The van der Waals surface area contributed by atoms with E-state index in [1.807, 2.05) is 24.3 Å². The van der Waals surface area contributed by atoms with Crippen molar-refractivity contribution in [3.8, 4) is 0 Å². The highest BCUT2D eigenvalue weighted by Crippen LogP contribution is 2.24. The Bertz CT molecular complexity index is 960. The fraction of sp³-hybridized carbons (Fsp3) is 0.522. The lowest BCUT2D eigenvalue weighted by Gasteiger charge is -2.34. The van der Waals surface area contributed by atoms with Crippen LogP contribution in [0.5, 0.6) is 0 Å². The number of hydrogen-bond acceptors (Lipinski definition) is 7. The Kier molecular flexibility index (Phi) is 8.33. The fourth-order valence-corrected chi connectivity index (χ4v) is 4.34. The molecule has 9 nitrogen and oxygen atoms in total. The number of morpholine rings is 1. The number of fused-ring (bicyclic) bond motifs is 1. The van der Waals surface area contributed by atoms with E-state index in [2.05, 4.69) is 25.4 Å². The molecule has 0 aliphatic carbocycles. The van der Waals surface area contributed by atoms with Crippen LogP contribution in [0.1, 0.15) is 0 Å². The molecular weight excluding hydrogens is 444 g/mol. The average molecular weight is 475 g/mol. The van der Waals surface area contributed by atoms with Crippen LogP contribution in [0, 0.1) is 0 Å². The number of benzene rings is 1. The van der Waals surface area contributed by atoms with Crippen LogP contribution in [0.4, 0.5) is 5.69 Å². The summed E-state index contributed by atoms with van der Waals surface area (Å²) in [7, 11) is 0. The Morgan fingerprint density at radius 3 is 2.48 bits per heavy atom. The molecule has 0 bridgehead atoms. The SMILES string of the molecule is O=C(NCCN1CCOCC1)C(=O)N1CCN(CCNc2ccnc3cc(Cl)ccc23)CC1. The molecule has 2 aromatic rings. The third-order valence-electron chi connectivity index (χ3n) is 6.12. The zero-order valence-electron chi connectivity index (χ0n) is 18.8. The van der Waals surface area contributed by atoms with Gasteiger partial charge < -0.3 is 20.3 Å². The van der Waals surface area contributed by atoms with E-state index in [1.165, 1.54) is 0 Å². The normalized spacial score (nSPS) is 17.8. The number of halogens is 1. The monoisotopic (exact) mass is 474 g/mol. The molecule has 2 aliphatic rings. The highest BCUT2D eigenvalue weighted by atomic mass is 35.5. The molecule has 178 valence electrons. The number of aromatic nitrogens is 1. The van der Waals surface area contributed by atoms with Gasteiger partial charge in [0.05, 0.1) is 18.7 Å². The number of ether oxygens (including phenoxy) is 1. The second-order valence-electron chi connectivity index (χ2n) is 8.29. The summed E-state index contributed by atoms with van der Waals surface area (Å²) in [6.07, 6.45) is 1.78. The van der Waals surface area contributed by atoms with Crippen LogP contribution in [0.2, 0.25) is 5.02 Å². The third kappa shape index (κ3) is 6.54. The van der Waals surface area contributed by atoms with E-state index >= 15 is 0 Å². The quantitative estimate of drug-likeness (QED) is 0.576. The zero-order valence-corrected chi connectivity index (χ0v) is 19.5. The molecule has 0 radical (unpaired) electrons. The number of amides is 2. The van der Waals surface area contributed by atoms with Gasteiger partial charge in [0.25, 0.3) is 0 Å². The molecule has 2 saturated heterocycles. The lowest BCUT2D eigenvalue weighted by Crippen LogP contribution is -2.53. The van der Waals surface area contributed by atoms with Crippen molar-refractivity contribution in [1.82, 2.24) is 25.0 Å². The van der Waals surface area contributed by atoms with Gasteiger partial charge in [-0.3, -0.25) is 24.4 Å². The number of carbonyl (C=O) groups is 2. The number of pyridine rings is 1. The molecule has 1 aromatic carbocycles. The van der Waals surface area contributed by atoms with Crippen molar-refractivity contribution in [3.63, 3.8) is 0 Å². The molecule has 2 aliphatic heterocycles. The first kappa shape index (κ1) is 23.7. The lowest BCUT2D eigenvalue weighted by molar-refractivity contribution is -0.147. The van der Waals surface area contributed by atoms with E-state index in [4.69, 9.17) is 16.3 Å². The summed E-state index contributed by atoms with van der Waals surface area (Å²) < 4.78 is 5.32. The van der Waals surface area contributed by atoms with Crippen LogP contribution in [0.25, 0.3) is 10.9 Å². The number of nitrogens with zero attached hydrogens (tertiary/aromatic N) is 4. The van der Waals surface area contributed by atoms with Crippen LogP contribution in [0.15, 0.2) is 30.5 Å². The number of piperazine rings is 1. The zero-order chi connectivity index (χ0) is 23.0. The van der Waals surface area contributed by atoms with Crippen molar-refractivity contribution in [1.29, 1.82) is 0 Å². The number of nitrogens with one attached hydrogen (secondary N) is 2. The van der Waals surface area contributed by atoms with Crippen LogP contribution in [-0.4, -0.2) is 110 Å². The first-order valence-corrected chi connectivity index (χ1v) is 11.9. The molecule has 1 aromatic heterocycles. The molecule has 33 heavy (non-hydrogen) atoms. The van der Waals surface area contributed by atoms with E-state index < -0.39 is 11.8 Å². The predicted octanol–water partition coefficient (Wildman–Crippen LogP) is 0.893. The average Bonchev–Trinajstić information content (AvgIpc) is 2.84. The van der Waals surface area contributed by atoms with Gasteiger partial charge in [-0.05, 0) is 24.3 Å². The summed E-state index contributed by atoms with van der Waals surface area (Å²) >= 11 is 6.06. The van der Waals surface area contributed by atoms with Crippen LogP contribution in [0.3, 0.4) is 0 Å². The molecule has 4 rings (SSSR count). The van der Waals surface area contributed by atoms with E-state index in [0.717, 1.165) is 75.6 Å². The Labute approximate surface area is 199 Å². The van der Waals surface area contributed by atoms with Crippen LogP contribution < -0.4 is 10.6 Å². The van der Waals surface area contributed by atoms with E-state index in [9.17, 15) is 9.59 Å². The van der Waals surface area contributed by atoms with E-state index in [-0.39, 0.29) is 0 Å². The van der Waals surface area contributed by atoms with Gasteiger partial charge >= 0.3 is 11.8 Å². The molecule has 3 heterocycles. The maximum Gasteiger partial charge on any atom is 0.311 e.